The highest BCUT2D eigenvalue weighted by atomic mass is 16.3. The Morgan fingerprint density at radius 3 is 2.05 bits per heavy atom. The molecule has 3 rings (SSSR count). The van der Waals surface area contributed by atoms with Gasteiger partial charge in [-0.3, -0.25) is 0 Å². The number of rotatable bonds is 4. The lowest BCUT2D eigenvalue weighted by molar-refractivity contribution is 0.117. The molecule has 2 aromatic rings. The first-order valence-electron chi connectivity index (χ1n) is 7.87. The minimum Gasteiger partial charge on any atom is -0.388 e. The summed E-state index contributed by atoms with van der Waals surface area (Å²) in [5, 5.41) is 14.6. The molecule has 1 saturated heterocycles. The van der Waals surface area contributed by atoms with Crippen LogP contribution in [-0.4, -0.2) is 17.7 Å². The van der Waals surface area contributed by atoms with Crippen molar-refractivity contribution in [1.29, 1.82) is 0 Å². The first kappa shape index (κ1) is 14.3. The third kappa shape index (κ3) is 3.34. The molecule has 0 radical (unpaired) electrons. The summed E-state index contributed by atoms with van der Waals surface area (Å²) in [4.78, 5) is 0. The maximum atomic E-state index is 10.9. The van der Waals surface area contributed by atoms with Crippen molar-refractivity contribution >= 4 is 0 Å². The molecule has 21 heavy (non-hydrogen) atoms. The van der Waals surface area contributed by atoms with Crippen LogP contribution in [0.15, 0.2) is 60.7 Å². The van der Waals surface area contributed by atoms with Crippen LogP contribution in [0.1, 0.15) is 42.4 Å². The average Bonchev–Trinajstić information content (AvgIpc) is 2.58. The summed E-state index contributed by atoms with van der Waals surface area (Å²) in [6, 6.07) is 20.8. The van der Waals surface area contributed by atoms with Crippen LogP contribution in [0.2, 0.25) is 0 Å². The van der Waals surface area contributed by atoms with E-state index in [1.54, 1.807) is 0 Å². The highest BCUT2D eigenvalue weighted by Crippen LogP contribution is 2.36. The highest BCUT2D eigenvalue weighted by Gasteiger charge is 2.31. The number of hydrogen-bond donors (Lipinski definition) is 2. The van der Waals surface area contributed by atoms with Crippen molar-refractivity contribution in [2.24, 2.45) is 0 Å². The fourth-order valence-corrected chi connectivity index (χ4v) is 3.35. The van der Waals surface area contributed by atoms with Crippen molar-refractivity contribution in [3.05, 3.63) is 71.8 Å². The summed E-state index contributed by atoms with van der Waals surface area (Å²) in [5.74, 6) is 0.105. The molecule has 1 aliphatic heterocycles. The summed E-state index contributed by atoms with van der Waals surface area (Å²) < 4.78 is 0. The van der Waals surface area contributed by atoms with Gasteiger partial charge in [0.1, 0.15) is 0 Å². The Balaban J connectivity index is 1.92. The van der Waals surface area contributed by atoms with Crippen LogP contribution >= 0.6 is 0 Å². The van der Waals surface area contributed by atoms with E-state index >= 15 is 0 Å². The molecule has 1 heterocycles. The fourth-order valence-electron chi connectivity index (χ4n) is 3.35. The Bertz CT molecular complexity index is 534. The zero-order valence-electron chi connectivity index (χ0n) is 12.3. The third-order valence-corrected chi connectivity index (χ3v) is 4.45. The van der Waals surface area contributed by atoms with Crippen LogP contribution in [0, 0.1) is 0 Å². The zero-order valence-corrected chi connectivity index (χ0v) is 12.3. The molecule has 0 spiro atoms. The monoisotopic (exact) mass is 281 g/mol. The second kappa shape index (κ2) is 6.88. The van der Waals surface area contributed by atoms with Gasteiger partial charge in [0.15, 0.2) is 0 Å². The maximum Gasteiger partial charge on any atom is 0.0873 e. The number of aliphatic hydroxyl groups is 1. The topological polar surface area (TPSA) is 32.3 Å². The van der Waals surface area contributed by atoms with Crippen molar-refractivity contribution in [2.45, 2.75) is 37.3 Å². The molecular weight excluding hydrogens is 258 g/mol. The normalized spacial score (nSPS) is 21.7. The largest absolute Gasteiger partial charge is 0.388 e. The van der Waals surface area contributed by atoms with Gasteiger partial charge in [-0.2, -0.15) is 0 Å². The predicted octanol–water partition coefficient (Wildman–Crippen LogP) is 3.65. The fraction of sp³-hybridized carbons (Fsp3) is 0.368. The van der Waals surface area contributed by atoms with Gasteiger partial charge in [-0.25, -0.2) is 0 Å². The third-order valence-electron chi connectivity index (χ3n) is 4.45. The molecular formula is C19H23NO. The van der Waals surface area contributed by atoms with Crippen LogP contribution in [0.4, 0.5) is 0 Å². The van der Waals surface area contributed by atoms with Crippen molar-refractivity contribution in [3.8, 4) is 0 Å². The second-order valence-electron chi connectivity index (χ2n) is 5.85. The summed E-state index contributed by atoms with van der Waals surface area (Å²) >= 11 is 0. The van der Waals surface area contributed by atoms with Gasteiger partial charge in [-0.1, -0.05) is 67.1 Å². The Morgan fingerprint density at radius 1 is 0.857 bits per heavy atom. The number of nitrogens with one attached hydrogen (secondary N) is 1. The lowest BCUT2D eigenvalue weighted by Crippen LogP contribution is -2.41. The molecule has 1 aliphatic rings. The molecule has 0 amide bonds. The maximum absolute atomic E-state index is 10.9. The summed E-state index contributed by atoms with van der Waals surface area (Å²) in [6.07, 6.45) is 3.13. The Hall–Kier alpha value is -1.64. The molecule has 0 bridgehead atoms. The van der Waals surface area contributed by atoms with E-state index < -0.39 is 6.10 Å². The van der Waals surface area contributed by atoms with Gasteiger partial charge in [0, 0.05) is 12.0 Å². The van der Waals surface area contributed by atoms with E-state index in [1.807, 2.05) is 36.4 Å². The minimum absolute atomic E-state index is 0.105. The summed E-state index contributed by atoms with van der Waals surface area (Å²) in [7, 11) is 0. The number of piperidine rings is 1. The van der Waals surface area contributed by atoms with Gasteiger partial charge in [0.25, 0.3) is 0 Å². The Morgan fingerprint density at radius 2 is 1.48 bits per heavy atom. The van der Waals surface area contributed by atoms with Gasteiger partial charge in [0.2, 0.25) is 0 Å². The standard InChI is InChI=1S/C19H23NO/c21-19(16-11-5-2-6-12-16)18(15-9-3-1-4-10-15)17-13-7-8-14-20-17/h1-6,9-12,17-21H,7-8,13-14H2. The molecule has 1 fully saturated rings. The first-order valence-corrected chi connectivity index (χ1v) is 7.87. The van der Waals surface area contributed by atoms with Gasteiger partial charge >= 0.3 is 0 Å². The van der Waals surface area contributed by atoms with E-state index in [2.05, 4.69) is 29.6 Å². The minimum atomic E-state index is -0.468. The van der Waals surface area contributed by atoms with Crippen molar-refractivity contribution in [1.82, 2.24) is 5.32 Å². The zero-order chi connectivity index (χ0) is 14.5. The SMILES string of the molecule is OC(c1ccccc1)C(c1ccccc1)C1CCCCN1. The van der Waals surface area contributed by atoms with Crippen LogP contribution in [0.25, 0.3) is 0 Å². The summed E-state index contributed by atoms with van der Waals surface area (Å²) in [5.41, 5.74) is 2.21. The van der Waals surface area contributed by atoms with Crippen molar-refractivity contribution in [2.75, 3.05) is 6.54 Å². The van der Waals surface area contributed by atoms with Gasteiger partial charge < -0.3 is 10.4 Å². The smallest absolute Gasteiger partial charge is 0.0873 e. The number of benzene rings is 2. The van der Waals surface area contributed by atoms with Crippen molar-refractivity contribution in [3.63, 3.8) is 0 Å². The Kier molecular flexibility index (Phi) is 4.69. The lowest BCUT2D eigenvalue weighted by atomic mass is 9.80. The van der Waals surface area contributed by atoms with Crippen LogP contribution < -0.4 is 5.32 Å². The van der Waals surface area contributed by atoms with E-state index in [0.29, 0.717) is 6.04 Å². The van der Waals surface area contributed by atoms with Crippen LogP contribution in [0.5, 0.6) is 0 Å². The average molecular weight is 281 g/mol. The molecule has 2 heteroatoms. The molecule has 2 N–H and O–H groups in total. The molecule has 0 aliphatic carbocycles. The molecule has 2 nitrogen and oxygen atoms in total. The highest BCUT2D eigenvalue weighted by molar-refractivity contribution is 5.28. The molecule has 110 valence electrons. The molecule has 2 aromatic carbocycles. The van der Waals surface area contributed by atoms with Gasteiger partial charge in [-0.05, 0) is 30.5 Å². The molecule has 0 aromatic heterocycles. The van der Waals surface area contributed by atoms with Gasteiger partial charge in [-0.15, -0.1) is 0 Å². The Labute approximate surface area is 126 Å². The van der Waals surface area contributed by atoms with E-state index in [9.17, 15) is 5.11 Å². The van der Waals surface area contributed by atoms with Gasteiger partial charge in [0.05, 0.1) is 6.10 Å². The lowest BCUT2D eigenvalue weighted by Gasteiger charge is -2.35. The molecule has 0 saturated carbocycles. The summed E-state index contributed by atoms with van der Waals surface area (Å²) in [6.45, 7) is 1.05. The van der Waals surface area contributed by atoms with Crippen LogP contribution in [-0.2, 0) is 0 Å². The van der Waals surface area contributed by atoms with E-state index in [4.69, 9.17) is 0 Å². The van der Waals surface area contributed by atoms with Crippen molar-refractivity contribution < 1.29 is 5.11 Å². The second-order valence-corrected chi connectivity index (χ2v) is 5.85. The number of hydrogen-bond acceptors (Lipinski definition) is 2. The van der Waals surface area contributed by atoms with E-state index in [0.717, 1.165) is 18.5 Å². The van der Waals surface area contributed by atoms with E-state index in [1.165, 1.54) is 18.4 Å². The molecule has 3 unspecified atom stereocenters. The van der Waals surface area contributed by atoms with Crippen LogP contribution in [0.3, 0.4) is 0 Å². The number of aliphatic hydroxyl groups excluding tert-OH is 1. The quantitative estimate of drug-likeness (QED) is 0.896. The predicted molar refractivity (Wildman–Crippen MR) is 86.2 cm³/mol. The first-order chi connectivity index (χ1) is 10.4. The molecule has 3 atom stereocenters. The van der Waals surface area contributed by atoms with E-state index in [-0.39, 0.29) is 5.92 Å².